The number of hydrogen-bond acceptors (Lipinski definition) is 10. The van der Waals surface area contributed by atoms with E-state index in [-0.39, 0.29) is 18.0 Å². The zero-order valence-corrected chi connectivity index (χ0v) is 21.6. The lowest BCUT2D eigenvalue weighted by atomic mass is 9.88. The predicted molar refractivity (Wildman–Crippen MR) is 133 cm³/mol. The number of ether oxygens (including phenoxy) is 6. The monoisotopic (exact) mass is 502 g/mol. The van der Waals surface area contributed by atoms with E-state index in [1.165, 1.54) is 0 Å². The number of carbonyl (C=O) groups is 1. The summed E-state index contributed by atoms with van der Waals surface area (Å²) < 4.78 is 33.7. The van der Waals surface area contributed by atoms with Gasteiger partial charge >= 0.3 is 5.97 Å². The van der Waals surface area contributed by atoms with Crippen molar-refractivity contribution in [2.45, 2.75) is 32.6 Å². The molecule has 0 aromatic carbocycles. The molecule has 7 nitrogen and oxygen atoms in total. The third kappa shape index (κ3) is 19.5. The van der Waals surface area contributed by atoms with Crippen LogP contribution in [-0.2, 0) is 33.2 Å². The fourth-order valence-electron chi connectivity index (χ4n) is 2.45. The fourth-order valence-corrected chi connectivity index (χ4v) is 2.89. The molecule has 0 fully saturated rings. The van der Waals surface area contributed by atoms with Crippen molar-refractivity contribution in [1.29, 1.82) is 0 Å². The molecule has 0 aromatic rings. The van der Waals surface area contributed by atoms with Crippen LogP contribution in [0.4, 0.5) is 0 Å². The lowest BCUT2D eigenvalue weighted by Gasteiger charge is -2.32. The molecule has 0 aromatic heterocycles. The van der Waals surface area contributed by atoms with Gasteiger partial charge in [-0.25, -0.2) is 0 Å². The smallest absolute Gasteiger partial charge is 0.306 e. The molecule has 0 spiro atoms. The van der Waals surface area contributed by atoms with Gasteiger partial charge in [-0.3, -0.25) is 4.79 Å². The first-order valence-electron chi connectivity index (χ1n) is 11.0. The van der Waals surface area contributed by atoms with Crippen molar-refractivity contribution in [3.05, 3.63) is 0 Å². The molecule has 0 saturated carbocycles. The molecule has 0 aliphatic carbocycles. The summed E-state index contributed by atoms with van der Waals surface area (Å²) in [4.78, 5) is 11.4. The Labute approximate surface area is 204 Å². The minimum atomic E-state index is -0.286. The van der Waals surface area contributed by atoms with E-state index < -0.39 is 0 Å². The molecule has 0 unspecified atom stereocenters. The molecule has 0 saturated heterocycles. The summed E-state index contributed by atoms with van der Waals surface area (Å²) in [5.74, 6) is 1.85. The maximum absolute atomic E-state index is 11.4. The highest BCUT2D eigenvalue weighted by Crippen LogP contribution is 2.24. The third-order valence-electron chi connectivity index (χ3n) is 4.42. The average Bonchev–Trinajstić information content (AvgIpc) is 2.77. The molecule has 0 aliphatic rings. The number of thiol groups is 3. The van der Waals surface area contributed by atoms with Gasteiger partial charge in [-0.15, -0.1) is 0 Å². The highest BCUT2D eigenvalue weighted by molar-refractivity contribution is 7.80. The maximum atomic E-state index is 11.4. The van der Waals surface area contributed by atoms with Crippen LogP contribution in [0.5, 0.6) is 0 Å². The third-order valence-corrected chi connectivity index (χ3v) is 5.28. The summed E-state index contributed by atoms with van der Waals surface area (Å²) in [6.45, 7) is 7.62. The summed E-state index contributed by atoms with van der Waals surface area (Å²) in [6.07, 6.45) is 2.99. The average molecular weight is 503 g/mol. The van der Waals surface area contributed by atoms with Crippen molar-refractivity contribution in [1.82, 2.24) is 0 Å². The minimum Gasteiger partial charge on any atom is -0.463 e. The summed E-state index contributed by atoms with van der Waals surface area (Å²) in [5.41, 5.74) is -0.286. The molecule has 0 amide bonds. The Balaban J connectivity index is 4.32. The van der Waals surface area contributed by atoms with Gasteiger partial charge < -0.3 is 28.4 Å². The van der Waals surface area contributed by atoms with Crippen LogP contribution in [0.15, 0.2) is 0 Å². The zero-order chi connectivity index (χ0) is 23.0. The summed E-state index contributed by atoms with van der Waals surface area (Å²) in [6, 6.07) is 0. The van der Waals surface area contributed by atoms with Crippen LogP contribution < -0.4 is 0 Å². The van der Waals surface area contributed by atoms with E-state index in [0.717, 1.165) is 30.8 Å². The van der Waals surface area contributed by atoms with Gasteiger partial charge in [-0.05, 0) is 30.8 Å². The van der Waals surface area contributed by atoms with Gasteiger partial charge in [0.1, 0.15) is 6.61 Å². The highest BCUT2D eigenvalue weighted by atomic mass is 32.1. The van der Waals surface area contributed by atoms with E-state index in [2.05, 4.69) is 44.8 Å². The molecular formula is C21H42O7S3. The molecule has 0 N–H and O–H groups in total. The molecule has 31 heavy (non-hydrogen) atoms. The summed E-state index contributed by atoms with van der Waals surface area (Å²) >= 11 is 12.3. The largest absolute Gasteiger partial charge is 0.463 e. The number of rotatable bonds is 24. The van der Waals surface area contributed by atoms with Gasteiger partial charge in [-0.1, -0.05) is 6.92 Å². The SMILES string of the molecule is CCC(COCCOCCCS)(COCCOCCCS)COCCOC(=O)CCS. The number of esters is 1. The first-order chi connectivity index (χ1) is 15.1. The molecule has 0 rings (SSSR count). The molecule has 10 heteroatoms. The van der Waals surface area contributed by atoms with Crippen LogP contribution in [0, 0.1) is 5.41 Å². The van der Waals surface area contributed by atoms with Crippen LogP contribution in [0.3, 0.4) is 0 Å². The van der Waals surface area contributed by atoms with E-state index in [4.69, 9.17) is 28.4 Å². The Morgan fingerprint density at radius 2 is 1.10 bits per heavy atom. The Hall–Kier alpha value is 0.320. The van der Waals surface area contributed by atoms with Crippen LogP contribution in [0.1, 0.15) is 32.6 Å². The van der Waals surface area contributed by atoms with Crippen LogP contribution in [-0.4, -0.2) is 95.9 Å². The lowest BCUT2D eigenvalue weighted by Crippen LogP contribution is -2.38. The van der Waals surface area contributed by atoms with Gasteiger partial charge in [0.25, 0.3) is 0 Å². The van der Waals surface area contributed by atoms with Gasteiger partial charge in [-0.2, -0.15) is 37.9 Å². The van der Waals surface area contributed by atoms with Crippen LogP contribution >= 0.6 is 37.9 Å². The van der Waals surface area contributed by atoms with Gasteiger partial charge in [0.05, 0.1) is 59.3 Å². The topological polar surface area (TPSA) is 72.5 Å². The van der Waals surface area contributed by atoms with E-state index in [0.29, 0.717) is 78.2 Å². The van der Waals surface area contributed by atoms with E-state index in [1.807, 2.05) is 0 Å². The Kier molecular flexibility index (Phi) is 23.7. The molecule has 186 valence electrons. The first-order valence-corrected chi connectivity index (χ1v) is 12.9. The van der Waals surface area contributed by atoms with E-state index in [9.17, 15) is 4.79 Å². The summed E-state index contributed by atoms with van der Waals surface area (Å²) in [7, 11) is 0. The van der Waals surface area contributed by atoms with E-state index >= 15 is 0 Å². The van der Waals surface area contributed by atoms with Crippen LogP contribution in [0.25, 0.3) is 0 Å². The fraction of sp³-hybridized carbons (Fsp3) is 0.952. The second-order valence-corrected chi connectivity index (χ2v) is 8.43. The molecule has 0 aliphatic heterocycles. The molecule has 0 bridgehead atoms. The van der Waals surface area contributed by atoms with Gasteiger partial charge in [0, 0.05) is 24.4 Å². The number of carbonyl (C=O) groups excluding carboxylic acids is 1. The first kappa shape index (κ1) is 31.3. The summed E-state index contributed by atoms with van der Waals surface area (Å²) in [5, 5.41) is 0. The molecule has 0 radical (unpaired) electrons. The van der Waals surface area contributed by atoms with Gasteiger partial charge in [0.2, 0.25) is 0 Å². The zero-order valence-electron chi connectivity index (χ0n) is 18.9. The van der Waals surface area contributed by atoms with Crippen molar-refractivity contribution in [3.63, 3.8) is 0 Å². The number of hydrogen-bond donors (Lipinski definition) is 3. The second-order valence-electron chi connectivity index (χ2n) is 7.08. The van der Waals surface area contributed by atoms with Crippen molar-refractivity contribution in [2.75, 3.05) is 89.9 Å². The lowest BCUT2D eigenvalue weighted by molar-refractivity contribution is -0.145. The Morgan fingerprint density at radius 3 is 1.52 bits per heavy atom. The molecule has 0 heterocycles. The molecule has 0 atom stereocenters. The Bertz CT molecular complexity index is 385. The van der Waals surface area contributed by atoms with E-state index in [1.54, 1.807) is 0 Å². The standard InChI is InChI=1S/C21H42O7S3/c1-2-21(17-25-10-8-23-6-3-14-29,18-26-11-9-24-7-4-15-30)19-27-12-13-28-20(22)5-16-31/h29-31H,2-19H2,1H3. The maximum Gasteiger partial charge on any atom is 0.306 e. The van der Waals surface area contributed by atoms with Crippen molar-refractivity contribution >= 4 is 43.9 Å². The van der Waals surface area contributed by atoms with Gasteiger partial charge in [0.15, 0.2) is 0 Å². The van der Waals surface area contributed by atoms with Crippen LogP contribution in [0.2, 0.25) is 0 Å². The second kappa shape index (κ2) is 23.5. The van der Waals surface area contributed by atoms with Crippen molar-refractivity contribution in [3.8, 4) is 0 Å². The molecular weight excluding hydrogens is 460 g/mol. The highest BCUT2D eigenvalue weighted by Gasteiger charge is 2.30. The predicted octanol–water partition coefficient (Wildman–Crippen LogP) is 2.97. The van der Waals surface area contributed by atoms with Crippen molar-refractivity contribution in [2.24, 2.45) is 5.41 Å². The quantitative estimate of drug-likeness (QED) is 0.106. The Morgan fingerprint density at radius 1 is 0.645 bits per heavy atom. The van der Waals surface area contributed by atoms with Crippen molar-refractivity contribution < 1.29 is 33.2 Å². The minimum absolute atomic E-state index is 0.228. The normalized spacial score (nSPS) is 11.7.